The fourth-order valence-corrected chi connectivity index (χ4v) is 1.32. The van der Waals surface area contributed by atoms with E-state index in [9.17, 15) is 22.4 Å². The Morgan fingerprint density at radius 3 is 2.50 bits per heavy atom. The lowest BCUT2D eigenvalue weighted by Gasteiger charge is -2.15. The number of nitrogens with two attached hydrogens (primary N) is 1. The first-order valence-corrected chi connectivity index (χ1v) is 5.20. The van der Waals surface area contributed by atoms with Gasteiger partial charge in [-0.15, -0.1) is 12.4 Å². The van der Waals surface area contributed by atoms with Crippen LogP contribution in [0.2, 0.25) is 0 Å². The first-order valence-electron chi connectivity index (χ1n) is 5.20. The van der Waals surface area contributed by atoms with Crippen molar-refractivity contribution in [2.45, 2.75) is 12.3 Å². The van der Waals surface area contributed by atoms with Crippen LogP contribution in [0, 0.1) is 5.82 Å². The van der Waals surface area contributed by atoms with Crippen LogP contribution < -0.4 is 11.1 Å². The molecule has 0 aliphatic carbocycles. The van der Waals surface area contributed by atoms with Gasteiger partial charge in [0, 0.05) is 13.7 Å². The van der Waals surface area contributed by atoms with Gasteiger partial charge in [0.15, 0.2) is 0 Å². The number of halogens is 5. The topological polar surface area (TPSA) is 64.3 Å². The van der Waals surface area contributed by atoms with E-state index in [2.05, 4.69) is 4.74 Å². The molecule has 1 rings (SSSR count). The lowest BCUT2D eigenvalue weighted by atomic mass is 10.2. The van der Waals surface area contributed by atoms with Crippen molar-refractivity contribution in [1.29, 1.82) is 0 Å². The van der Waals surface area contributed by atoms with Crippen molar-refractivity contribution >= 4 is 24.0 Å². The summed E-state index contributed by atoms with van der Waals surface area (Å²) in [5.41, 5.74) is 3.58. The Morgan fingerprint density at radius 1 is 1.45 bits per heavy atom. The number of methoxy groups -OCH3 is 1. The van der Waals surface area contributed by atoms with Gasteiger partial charge in [0.05, 0.1) is 11.3 Å². The smallest absolute Gasteiger partial charge is 0.370 e. The van der Waals surface area contributed by atoms with Crippen LogP contribution in [0.1, 0.15) is 5.56 Å². The molecule has 0 spiro atoms. The fraction of sp³-hybridized carbons (Fsp3) is 0.364. The molecule has 4 nitrogen and oxygen atoms in total. The van der Waals surface area contributed by atoms with E-state index in [0.29, 0.717) is 18.2 Å². The lowest BCUT2D eigenvalue weighted by Crippen LogP contribution is -2.36. The number of anilines is 1. The molecule has 0 saturated carbocycles. The van der Waals surface area contributed by atoms with Crippen LogP contribution in [0.4, 0.5) is 23.2 Å². The van der Waals surface area contributed by atoms with Crippen LogP contribution in [-0.2, 0) is 15.7 Å². The molecule has 0 heterocycles. The molecule has 1 atom stereocenters. The zero-order valence-electron chi connectivity index (χ0n) is 10.3. The summed E-state index contributed by atoms with van der Waals surface area (Å²) in [5.74, 6) is -1.79. The third kappa shape index (κ3) is 4.62. The van der Waals surface area contributed by atoms with Gasteiger partial charge in [-0.2, -0.15) is 13.2 Å². The molecule has 0 radical (unpaired) electrons. The van der Waals surface area contributed by atoms with Gasteiger partial charge < -0.3 is 15.8 Å². The van der Waals surface area contributed by atoms with Gasteiger partial charge in [-0.3, -0.25) is 4.79 Å². The minimum atomic E-state index is -4.62. The summed E-state index contributed by atoms with van der Waals surface area (Å²) in [4.78, 5) is 11.5. The van der Waals surface area contributed by atoms with Crippen molar-refractivity contribution in [3.8, 4) is 0 Å². The number of alkyl halides is 3. The highest BCUT2D eigenvalue weighted by atomic mass is 35.5. The summed E-state index contributed by atoms with van der Waals surface area (Å²) in [6.07, 6.45) is -5.68. The van der Waals surface area contributed by atoms with E-state index in [1.165, 1.54) is 7.11 Å². The van der Waals surface area contributed by atoms with Crippen molar-refractivity contribution in [3.63, 3.8) is 0 Å². The molecule has 0 saturated heterocycles. The standard InChI is InChI=1S/C11H12F4N2O2.ClH/c1-19-9(5-16)10(18)17-8-4-6(11(13,14)15)2-3-7(8)12;/h2-4,9H,5,16H2,1H3,(H,17,18);1H. The lowest BCUT2D eigenvalue weighted by molar-refractivity contribution is -0.137. The average Bonchev–Trinajstić information content (AvgIpc) is 2.32. The highest BCUT2D eigenvalue weighted by molar-refractivity contribution is 5.94. The Balaban J connectivity index is 0.00000361. The van der Waals surface area contributed by atoms with E-state index in [-0.39, 0.29) is 19.0 Å². The van der Waals surface area contributed by atoms with Crippen LogP contribution >= 0.6 is 12.4 Å². The number of rotatable bonds is 4. The molecule has 0 aromatic heterocycles. The second kappa shape index (κ2) is 7.41. The van der Waals surface area contributed by atoms with Crippen molar-refractivity contribution < 1.29 is 27.1 Å². The molecule has 1 aromatic rings. The highest BCUT2D eigenvalue weighted by Gasteiger charge is 2.31. The first kappa shape index (κ1) is 18.6. The number of amides is 1. The van der Waals surface area contributed by atoms with Crippen LogP contribution in [-0.4, -0.2) is 25.7 Å². The van der Waals surface area contributed by atoms with Crippen molar-refractivity contribution in [2.75, 3.05) is 19.0 Å². The maximum Gasteiger partial charge on any atom is 0.416 e. The summed E-state index contributed by atoms with van der Waals surface area (Å²) in [5, 5.41) is 2.01. The highest BCUT2D eigenvalue weighted by Crippen LogP contribution is 2.31. The molecule has 1 aromatic carbocycles. The minimum Gasteiger partial charge on any atom is -0.370 e. The number of carbonyl (C=O) groups excluding carboxylic acids is 1. The quantitative estimate of drug-likeness (QED) is 0.837. The number of nitrogens with one attached hydrogen (secondary N) is 1. The normalized spacial score (nSPS) is 12.5. The van der Waals surface area contributed by atoms with E-state index in [1.807, 2.05) is 5.32 Å². The summed E-state index contributed by atoms with van der Waals surface area (Å²) in [6.45, 7) is -0.178. The maximum absolute atomic E-state index is 13.3. The van der Waals surface area contributed by atoms with Gasteiger partial charge in [-0.05, 0) is 18.2 Å². The van der Waals surface area contributed by atoms with E-state index >= 15 is 0 Å². The Labute approximate surface area is 118 Å². The van der Waals surface area contributed by atoms with E-state index in [4.69, 9.17) is 5.73 Å². The largest absolute Gasteiger partial charge is 0.416 e. The number of benzene rings is 1. The van der Waals surface area contributed by atoms with E-state index < -0.39 is 35.3 Å². The van der Waals surface area contributed by atoms with Gasteiger partial charge in [-0.1, -0.05) is 0 Å². The molecule has 0 bridgehead atoms. The molecule has 0 fully saturated rings. The Kier molecular flexibility index (Phi) is 6.90. The van der Waals surface area contributed by atoms with Crippen LogP contribution in [0.3, 0.4) is 0 Å². The number of hydrogen-bond donors (Lipinski definition) is 2. The average molecular weight is 317 g/mol. The molecule has 1 amide bonds. The minimum absolute atomic E-state index is 0. The predicted octanol–water partition coefficient (Wildman–Crippen LogP) is 2.18. The van der Waals surface area contributed by atoms with Crippen LogP contribution in [0.25, 0.3) is 0 Å². The SMILES string of the molecule is COC(CN)C(=O)Nc1cc(C(F)(F)F)ccc1F.Cl. The van der Waals surface area contributed by atoms with Gasteiger partial charge in [0.1, 0.15) is 11.9 Å². The summed E-state index contributed by atoms with van der Waals surface area (Å²) in [6, 6.07) is 1.72. The van der Waals surface area contributed by atoms with Crippen LogP contribution in [0.5, 0.6) is 0 Å². The summed E-state index contributed by atoms with van der Waals surface area (Å²) >= 11 is 0. The summed E-state index contributed by atoms with van der Waals surface area (Å²) < 4.78 is 55.4. The Bertz CT molecular complexity index is 464. The van der Waals surface area contributed by atoms with Crippen LogP contribution in [0.15, 0.2) is 18.2 Å². The zero-order chi connectivity index (χ0) is 14.6. The fourth-order valence-electron chi connectivity index (χ4n) is 1.32. The van der Waals surface area contributed by atoms with Crippen molar-refractivity contribution in [3.05, 3.63) is 29.6 Å². The van der Waals surface area contributed by atoms with E-state index in [0.717, 1.165) is 0 Å². The molecule has 114 valence electrons. The molecule has 3 N–H and O–H groups in total. The van der Waals surface area contributed by atoms with Crippen molar-refractivity contribution in [1.82, 2.24) is 0 Å². The predicted molar refractivity (Wildman–Crippen MR) is 67.1 cm³/mol. The van der Waals surface area contributed by atoms with Gasteiger partial charge in [0.25, 0.3) is 5.91 Å². The molecule has 1 unspecified atom stereocenters. The third-order valence-electron chi connectivity index (χ3n) is 2.34. The number of carbonyl (C=O) groups is 1. The first-order chi connectivity index (χ1) is 8.79. The zero-order valence-corrected chi connectivity index (χ0v) is 11.1. The number of hydrogen-bond acceptors (Lipinski definition) is 3. The van der Waals surface area contributed by atoms with Crippen molar-refractivity contribution in [2.24, 2.45) is 5.73 Å². The van der Waals surface area contributed by atoms with Gasteiger partial charge in [-0.25, -0.2) is 4.39 Å². The maximum atomic E-state index is 13.3. The summed E-state index contributed by atoms with van der Waals surface area (Å²) in [7, 11) is 1.21. The molecule has 0 aliphatic heterocycles. The Hall–Kier alpha value is -1.38. The molecule has 20 heavy (non-hydrogen) atoms. The molecule has 0 aliphatic rings. The monoisotopic (exact) mass is 316 g/mol. The molecular weight excluding hydrogens is 304 g/mol. The van der Waals surface area contributed by atoms with E-state index in [1.54, 1.807) is 0 Å². The second-order valence-electron chi connectivity index (χ2n) is 3.64. The molecule has 9 heteroatoms. The third-order valence-corrected chi connectivity index (χ3v) is 2.34. The second-order valence-corrected chi connectivity index (χ2v) is 3.64. The molecular formula is C11H13ClF4N2O2. The Morgan fingerprint density at radius 2 is 2.05 bits per heavy atom. The number of ether oxygens (including phenoxy) is 1. The van der Waals surface area contributed by atoms with Gasteiger partial charge >= 0.3 is 6.18 Å². The van der Waals surface area contributed by atoms with Gasteiger partial charge in [0.2, 0.25) is 0 Å².